The molecule has 0 aliphatic heterocycles. The van der Waals surface area contributed by atoms with Crippen molar-refractivity contribution >= 4 is 11.9 Å². The van der Waals surface area contributed by atoms with E-state index < -0.39 is 11.9 Å². The molecule has 0 N–H and O–H groups in total. The Hall–Kier alpha value is -1.84. The summed E-state index contributed by atoms with van der Waals surface area (Å²) in [5, 5.41) is 0. The summed E-state index contributed by atoms with van der Waals surface area (Å²) < 4.78 is 9.89. The van der Waals surface area contributed by atoms with Crippen molar-refractivity contribution in [1.82, 2.24) is 0 Å². The highest BCUT2D eigenvalue weighted by molar-refractivity contribution is 5.93. The molecule has 0 fully saturated rings. The Morgan fingerprint density at radius 3 is 2.65 bits per heavy atom. The molecule has 0 saturated carbocycles. The van der Waals surface area contributed by atoms with Crippen molar-refractivity contribution in [2.45, 2.75) is 13.8 Å². The predicted molar refractivity (Wildman–Crippen MR) is 62.3 cm³/mol. The Bertz CT molecular complexity index is 398. The first-order chi connectivity index (χ1) is 8.15. The first kappa shape index (κ1) is 13.2. The lowest BCUT2D eigenvalue weighted by molar-refractivity contribution is -0.131. The van der Waals surface area contributed by atoms with E-state index in [9.17, 15) is 9.59 Å². The Labute approximate surface area is 101 Å². The van der Waals surface area contributed by atoms with Crippen molar-refractivity contribution in [1.29, 1.82) is 0 Å². The van der Waals surface area contributed by atoms with E-state index in [4.69, 9.17) is 9.47 Å². The number of unbranched alkanes of at least 4 members (excludes halogenated alkanes) is 1. The van der Waals surface area contributed by atoms with E-state index in [1.807, 2.05) is 6.92 Å². The summed E-state index contributed by atoms with van der Waals surface area (Å²) in [6.45, 7) is 3.31. The normalized spacial score (nSPS) is 9.76. The summed E-state index contributed by atoms with van der Waals surface area (Å²) in [7, 11) is 0. The predicted octanol–water partition coefficient (Wildman–Crippen LogP) is 2.20. The van der Waals surface area contributed by atoms with E-state index in [1.165, 1.54) is 6.92 Å². The molecule has 0 heterocycles. The van der Waals surface area contributed by atoms with Crippen molar-refractivity contribution in [2.24, 2.45) is 0 Å². The molecule has 0 unspecified atom stereocenters. The average molecular weight is 234 g/mol. The highest BCUT2D eigenvalue weighted by Crippen LogP contribution is 2.19. The van der Waals surface area contributed by atoms with Crippen LogP contribution in [0.5, 0.6) is 5.75 Å². The Balaban J connectivity index is 2.74. The average Bonchev–Trinajstić information content (AvgIpc) is 2.29. The van der Waals surface area contributed by atoms with Gasteiger partial charge in [-0.1, -0.05) is 19.1 Å². The van der Waals surface area contributed by atoms with Gasteiger partial charge in [0.05, 0.1) is 6.61 Å². The Morgan fingerprint density at radius 1 is 1.29 bits per heavy atom. The molecule has 1 aromatic rings. The van der Waals surface area contributed by atoms with Gasteiger partial charge in [0.15, 0.2) is 0 Å². The molecule has 1 rings (SSSR count). The molecule has 4 heteroatoms. The van der Waals surface area contributed by atoms with Crippen LogP contribution in [0.25, 0.3) is 0 Å². The maximum atomic E-state index is 11.7. The second-order valence-electron chi connectivity index (χ2n) is 3.26. The molecule has 4 nitrogen and oxygen atoms in total. The molecule has 0 spiro atoms. The number of hydrogen-bond acceptors (Lipinski definition) is 4. The van der Waals surface area contributed by atoms with Crippen molar-refractivity contribution in [3.05, 3.63) is 42.7 Å². The zero-order chi connectivity index (χ0) is 12.7. The van der Waals surface area contributed by atoms with Gasteiger partial charge in [-0.2, -0.15) is 0 Å². The summed E-state index contributed by atoms with van der Waals surface area (Å²) in [5.74, 6) is -0.774. The number of ether oxygens (including phenoxy) is 2. The van der Waals surface area contributed by atoms with Crippen molar-refractivity contribution in [3.63, 3.8) is 0 Å². The van der Waals surface area contributed by atoms with Gasteiger partial charge < -0.3 is 9.47 Å². The molecular weight excluding hydrogens is 220 g/mol. The number of para-hydroxylation sites is 1. The first-order valence-electron chi connectivity index (χ1n) is 5.21. The molecule has 1 aromatic carbocycles. The van der Waals surface area contributed by atoms with Crippen LogP contribution in [0, 0.1) is 12.8 Å². The topological polar surface area (TPSA) is 52.6 Å². The van der Waals surface area contributed by atoms with Gasteiger partial charge in [0.2, 0.25) is 0 Å². The summed E-state index contributed by atoms with van der Waals surface area (Å²) >= 11 is 0. The fourth-order valence-corrected chi connectivity index (χ4v) is 1.18. The largest absolute Gasteiger partial charge is 0.462 e. The molecule has 0 bridgehead atoms. The van der Waals surface area contributed by atoms with Crippen LogP contribution >= 0.6 is 0 Å². The van der Waals surface area contributed by atoms with Crippen LogP contribution in [0.4, 0.5) is 0 Å². The Morgan fingerprint density at radius 2 is 2.00 bits per heavy atom. The van der Waals surface area contributed by atoms with Gasteiger partial charge in [-0.15, -0.1) is 0 Å². The SMILES string of the molecule is C[CH][CH]COC(=O)c1ccccc1OC(C)=O. The lowest BCUT2D eigenvalue weighted by atomic mass is 10.2. The van der Waals surface area contributed by atoms with Gasteiger partial charge in [0.1, 0.15) is 11.3 Å². The van der Waals surface area contributed by atoms with E-state index in [0.29, 0.717) is 0 Å². The molecular formula is C13H14O4. The van der Waals surface area contributed by atoms with E-state index in [2.05, 4.69) is 0 Å². The van der Waals surface area contributed by atoms with Crippen LogP contribution in [-0.2, 0) is 9.53 Å². The number of esters is 2. The van der Waals surface area contributed by atoms with Crippen molar-refractivity contribution in [3.8, 4) is 5.75 Å². The third-order valence-electron chi connectivity index (χ3n) is 1.91. The lowest BCUT2D eigenvalue weighted by Gasteiger charge is -2.08. The molecule has 0 amide bonds. The van der Waals surface area contributed by atoms with Gasteiger partial charge in [-0.3, -0.25) is 4.79 Å². The van der Waals surface area contributed by atoms with E-state index >= 15 is 0 Å². The monoisotopic (exact) mass is 234 g/mol. The second kappa shape index (κ2) is 6.68. The van der Waals surface area contributed by atoms with Crippen LogP contribution < -0.4 is 4.74 Å². The molecule has 90 valence electrons. The van der Waals surface area contributed by atoms with E-state index in [-0.39, 0.29) is 17.9 Å². The molecule has 0 atom stereocenters. The highest BCUT2D eigenvalue weighted by Gasteiger charge is 2.14. The number of carbonyl (C=O) groups excluding carboxylic acids is 2. The van der Waals surface area contributed by atoms with Crippen LogP contribution in [0.2, 0.25) is 0 Å². The Kier molecular flexibility index (Phi) is 5.20. The number of benzene rings is 1. The zero-order valence-corrected chi connectivity index (χ0v) is 9.80. The summed E-state index contributed by atoms with van der Waals surface area (Å²) in [4.78, 5) is 22.5. The third-order valence-corrected chi connectivity index (χ3v) is 1.91. The number of rotatable bonds is 5. The van der Waals surface area contributed by atoms with Crippen molar-refractivity contribution < 1.29 is 19.1 Å². The molecule has 0 aliphatic carbocycles. The third kappa shape index (κ3) is 4.26. The summed E-state index contributed by atoms with van der Waals surface area (Å²) in [6, 6.07) is 6.46. The van der Waals surface area contributed by atoms with E-state index in [0.717, 1.165) is 0 Å². The lowest BCUT2D eigenvalue weighted by Crippen LogP contribution is -2.11. The van der Waals surface area contributed by atoms with Crippen molar-refractivity contribution in [2.75, 3.05) is 6.61 Å². The molecule has 2 radical (unpaired) electrons. The molecule has 0 aromatic heterocycles. The van der Waals surface area contributed by atoms with Gasteiger partial charge >= 0.3 is 11.9 Å². The van der Waals surface area contributed by atoms with Gasteiger partial charge in [-0.05, 0) is 18.6 Å². The standard InChI is InChI=1S/C13H14O4/c1-3-4-9-16-13(15)11-7-5-6-8-12(11)17-10(2)14/h3-8H,9H2,1-2H3. The molecule has 0 saturated heterocycles. The fraction of sp³-hybridized carbons (Fsp3) is 0.231. The van der Waals surface area contributed by atoms with E-state index in [1.54, 1.807) is 37.1 Å². The highest BCUT2D eigenvalue weighted by atomic mass is 16.5. The van der Waals surface area contributed by atoms with Gasteiger partial charge in [0.25, 0.3) is 0 Å². The van der Waals surface area contributed by atoms with Crippen LogP contribution in [-0.4, -0.2) is 18.5 Å². The molecule has 0 aliphatic rings. The quantitative estimate of drug-likeness (QED) is 0.445. The fourth-order valence-electron chi connectivity index (χ4n) is 1.18. The minimum Gasteiger partial charge on any atom is -0.462 e. The summed E-state index contributed by atoms with van der Waals surface area (Å²) in [6.07, 6.45) is 3.50. The number of carbonyl (C=O) groups is 2. The molecule has 17 heavy (non-hydrogen) atoms. The zero-order valence-electron chi connectivity index (χ0n) is 9.80. The van der Waals surface area contributed by atoms with Crippen LogP contribution in [0.3, 0.4) is 0 Å². The van der Waals surface area contributed by atoms with Gasteiger partial charge in [-0.25, -0.2) is 4.79 Å². The maximum Gasteiger partial charge on any atom is 0.341 e. The van der Waals surface area contributed by atoms with Crippen LogP contribution in [0.15, 0.2) is 24.3 Å². The minimum absolute atomic E-state index is 0.198. The number of hydrogen-bond donors (Lipinski definition) is 0. The second-order valence-corrected chi connectivity index (χ2v) is 3.26. The summed E-state index contributed by atoms with van der Waals surface area (Å²) in [5.41, 5.74) is 0.243. The van der Waals surface area contributed by atoms with Gasteiger partial charge in [0, 0.05) is 13.3 Å². The smallest absolute Gasteiger partial charge is 0.341 e. The van der Waals surface area contributed by atoms with Crippen LogP contribution in [0.1, 0.15) is 24.2 Å². The first-order valence-corrected chi connectivity index (χ1v) is 5.21. The maximum absolute atomic E-state index is 11.7. The minimum atomic E-state index is -0.514.